The van der Waals surface area contributed by atoms with Crippen molar-refractivity contribution < 1.29 is 4.74 Å². The first-order valence-corrected chi connectivity index (χ1v) is 5.77. The number of aromatic nitrogens is 2. The summed E-state index contributed by atoms with van der Waals surface area (Å²) >= 11 is 0. The Morgan fingerprint density at radius 1 is 1.53 bits per heavy atom. The minimum Gasteiger partial charge on any atom is -0.362 e. The number of nitrogens with one attached hydrogen (secondary N) is 1. The Labute approximate surface area is 102 Å². The summed E-state index contributed by atoms with van der Waals surface area (Å²) in [6, 6.07) is 2.03. The minimum atomic E-state index is -0.335. The second kappa shape index (κ2) is 6.38. The quantitative estimate of drug-likeness (QED) is 0.750. The summed E-state index contributed by atoms with van der Waals surface area (Å²) < 4.78 is 7.14. The normalized spacial score (nSPS) is 12.4. The van der Waals surface area contributed by atoms with Crippen molar-refractivity contribution in [2.24, 2.45) is 7.05 Å². The summed E-state index contributed by atoms with van der Waals surface area (Å²) in [5, 5.41) is 16.2. The molecule has 1 atom stereocenters. The van der Waals surface area contributed by atoms with E-state index in [1.807, 2.05) is 24.7 Å². The molecule has 17 heavy (non-hydrogen) atoms. The lowest BCUT2D eigenvalue weighted by atomic mass is 10.2. The molecule has 0 spiro atoms. The molecule has 0 aliphatic carbocycles. The van der Waals surface area contributed by atoms with E-state index in [1.165, 1.54) is 11.3 Å². The molecule has 5 nitrogen and oxygen atoms in total. The van der Waals surface area contributed by atoms with Gasteiger partial charge in [0.25, 0.3) is 0 Å². The van der Waals surface area contributed by atoms with Crippen LogP contribution in [0.4, 0.5) is 0 Å². The largest absolute Gasteiger partial charge is 0.362 e. The first kappa shape index (κ1) is 13.7. The van der Waals surface area contributed by atoms with Crippen LogP contribution >= 0.6 is 0 Å². The third kappa shape index (κ3) is 3.84. The number of ether oxygens (including phenoxy) is 1. The van der Waals surface area contributed by atoms with Crippen LogP contribution in [0.1, 0.15) is 23.9 Å². The van der Waals surface area contributed by atoms with Crippen LogP contribution in [0.2, 0.25) is 0 Å². The smallest absolute Gasteiger partial charge is 0.141 e. The molecule has 1 aromatic rings. The van der Waals surface area contributed by atoms with E-state index < -0.39 is 0 Å². The average Bonchev–Trinajstić information content (AvgIpc) is 2.54. The van der Waals surface area contributed by atoms with E-state index in [0.717, 1.165) is 18.8 Å². The molecule has 1 rings (SSSR count). The van der Waals surface area contributed by atoms with Gasteiger partial charge in [0.05, 0.1) is 18.4 Å². The molecular formula is C12H20N4O. The van der Waals surface area contributed by atoms with Gasteiger partial charge in [-0.1, -0.05) is 0 Å². The highest BCUT2D eigenvalue weighted by atomic mass is 16.5. The molecule has 0 bridgehead atoms. The van der Waals surface area contributed by atoms with Gasteiger partial charge < -0.3 is 10.1 Å². The van der Waals surface area contributed by atoms with Gasteiger partial charge >= 0.3 is 0 Å². The van der Waals surface area contributed by atoms with Crippen molar-refractivity contribution >= 4 is 0 Å². The first-order valence-electron chi connectivity index (χ1n) is 5.77. The molecule has 1 N–H and O–H groups in total. The van der Waals surface area contributed by atoms with Crippen molar-refractivity contribution in [3.63, 3.8) is 0 Å². The van der Waals surface area contributed by atoms with E-state index in [-0.39, 0.29) is 6.10 Å². The lowest BCUT2D eigenvalue weighted by Crippen LogP contribution is -2.21. The molecule has 0 aliphatic heterocycles. The number of hydrogen-bond acceptors (Lipinski definition) is 4. The minimum absolute atomic E-state index is 0.335. The van der Waals surface area contributed by atoms with Crippen LogP contribution in [0.5, 0.6) is 0 Å². The van der Waals surface area contributed by atoms with Gasteiger partial charge in [-0.25, -0.2) is 0 Å². The van der Waals surface area contributed by atoms with Gasteiger partial charge in [-0.15, -0.1) is 0 Å². The number of rotatable bonds is 6. The summed E-state index contributed by atoms with van der Waals surface area (Å²) in [5.74, 6) is 0. The van der Waals surface area contributed by atoms with Gasteiger partial charge in [0.15, 0.2) is 0 Å². The predicted octanol–water partition coefficient (Wildman–Crippen LogP) is 1.06. The predicted molar refractivity (Wildman–Crippen MR) is 65.4 cm³/mol. The van der Waals surface area contributed by atoms with Crippen molar-refractivity contribution in [1.82, 2.24) is 15.1 Å². The number of hydrogen-bond donors (Lipinski definition) is 1. The van der Waals surface area contributed by atoms with E-state index in [0.29, 0.717) is 6.61 Å². The third-order valence-electron chi connectivity index (χ3n) is 2.79. The van der Waals surface area contributed by atoms with Crippen LogP contribution in [-0.4, -0.2) is 29.0 Å². The van der Waals surface area contributed by atoms with Crippen molar-refractivity contribution in [3.05, 3.63) is 17.0 Å². The Kier molecular flexibility index (Phi) is 5.13. The van der Waals surface area contributed by atoms with Gasteiger partial charge in [0, 0.05) is 31.4 Å². The molecule has 0 aromatic carbocycles. The molecular weight excluding hydrogens is 216 g/mol. The first-order chi connectivity index (χ1) is 8.06. The van der Waals surface area contributed by atoms with Crippen molar-refractivity contribution in [3.8, 4) is 6.07 Å². The fourth-order valence-electron chi connectivity index (χ4n) is 1.63. The van der Waals surface area contributed by atoms with Crippen molar-refractivity contribution in [1.29, 1.82) is 5.26 Å². The molecule has 0 amide bonds. The zero-order valence-electron chi connectivity index (χ0n) is 10.9. The topological polar surface area (TPSA) is 62.9 Å². The van der Waals surface area contributed by atoms with Gasteiger partial charge in [-0.2, -0.15) is 10.4 Å². The maximum Gasteiger partial charge on any atom is 0.141 e. The highest BCUT2D eigenvalue weighted by molar-refractivity contribution is 5.23. The van der Waals surface area contributed by atoms with Crippen LogP contribution in [0, 0.1) is 25.2 Å². The molecule has 0 fully saturated rings. The van der Waals surface area contributed by atoms with Gasteiger partial charge in [-0.05, 0) is 20.8 Å². The Morgan fingerprint density at radius 2 is 2.24 bits per heavy atom. The lowest BCUT2D eigenvalue weighted by molar-refractivity contribution is 0.104. The Bertz CT molecular complexity index is 405. The Morgan fingerprint density at radius 3 is 2.76 bits per heavy atom. The lowest BCUT2D eigenvalue weighted by Gasteiger charge is -2.07. The summed E-state index contributed by atoms with van der Waals surface area (Å²) in [7, 11) is 1.95. The second-order valence-corrected chi connectivity index (χ2v) is 4.09. The maximum absolute atomic E-state index is 8.54. The highest BCUT2D eigenvalue weighted by Crippen LogP contribution is 2.10. The van der Waals surface area contributed by atoms with Crippen LogP contribution < -0.4 is 5.32 Å². The number of nitrogens with zero attached hydrogens (tertiary/aromatic N) is 3. The average molecular weight is 236 g/mol. The molecule has 1 heterocycles. The molecule has 0 saturated heterocycles. The standard InChI is InChI=1S/C12H20N4O/c1-9(7-13)17-6-5-14-8-12-10(2)15-16(4)11(12)3/h9,14H,5-6,8H2,1-4H3. The van der Waals surface area contributed by atoms with Crippen LogP contribution in [-0.2, 0) is 18.3 Å². The zero-order chi connectivity index (χ0) is 12.8. The Hall–Kier alpha value is -1.38. The molecule has 5 heteroatoms. The number of nitriles is 1. The summed E-state index contributed by atoms with van der Waals surface area (Å²) in [6.07, 6.45) is -0.335. The second-order valence-electron chi connectivity index (χ2n) is 4.09. The molecule has 94 valence electrons. The Balaban J connectivity index is 2.30. The monoisotopic (exact) mass is 236 g/mol. The van der Waals surface area contributed by atoms with Gasteiger partial charge in [-0.3, -0.25) is 4.68 Å². The SMILES string of the molecule is Cc1nn(C)c(C)c1CNCCOC(C)C#N. The number of aryl methyl sites for hydroxylation is 2. The highest BCUT2D eigenvalue weighted by Gasteiger charge is 2.08. The molecule has 0 aliphatic rings. The van der Waals surface area contributed by atoms with Gasteiger partial charge in [0.1, 0.15) is 6.10 Å². The van der Waals surface area contributed by atoms with E-state index in [1.54, 1.807) is 6.92 Å². The van der Waals surface area contributed by atoms with Crippen LogP contribution in [0.15, 0.2) is 0 Å². The van der Waals surface area contributed by atoms with Crippen molar-refractivity contribution in [2.45, 2.75) is 33.4 Å². The van der Waals surface area contributed by atoms with E-state index in [2.05, 4.69) is 17.3 Å². The summed E-state index contributed by atoms with van der Waals surface area (Å²) in [6.45, 7) is 7.89. The third-order valence-corrected chi connectivity index (χ3v) is 2.79. The van der Waals surface area contributed by atoms with Crippen LogP contribution in [0.3, 0.4) is 0 Å². The fraction of sp³-hybridized carbons (Fsp3) is 0.667. The molecule has 0 radical (unpaired) electrons. The van der Waals surface area contributed by atoms with E-state index >= 15 is 0 Å². The van der Waals surface area contributed by atoms with Crippen LogP contribution in [0.25, 0.3) is 0 Å². The summed E-state index contributed by atoms with van der Waals surface area (Å²) in [5.41, 5.74) is 3.48. The molecule has 1 aromatic heterocycles. The molecule has 1 unspecified atom stereocenters. The maximum atomic E-state index is 8.54. The van der Waals surface area contributed by atoms with Gasteiger partial charge in [0.2, 0.25) is 0 Å². The van der Waals surface area contributed by atoms with E-state index in [9.17, 15) is 0 Å². The fourth-order valence-corrected chi connectivity index (χ4v) is 1.63. The van der Waals surface area contributed by atoms with E-state index in [4.69, 9.17) is 10.00 Å². The summed E-state index contributed by atoms with van der Waals surface area (Å²) in [4.78, 5) is 0. The molecule has 0 saturated carbocycles. The zero-order valence-corrected chi connectivity index (χ0v) is 10.9. The van der Waals surface area contributed by atoms with Crippen molar-refractivity contribution in [2.75, 3.05) is 13.2 Å².